The molecule has 0 fully saturated rings. The lowest BCUT2D eigenvalue weighted by Crippen LogP contribution is -2.06. The van der Waals surface area contributed by atoms with Crippen LogP contribution in [0.2, 0.25) is 0 Å². The Morgan fingerprint density at radius 3 is 2.75 bits per heavy atom. The van der Waals surface area contributed by atoms with E-state index in [-0.39, 0.29) is 11.7 Å². The number of benzene rings is 1. The van der Waals surface area contributed by atoms with E-state index >= 15 is 0 Å². The number of furan rings is 1. The van der Waals surface area contributed by atoms with Crippen molar-refractivity contribution in [2.75, 3.05) is 20.0 Å². The van der Waals surface area contributed by atoms with Crippen LogP contribution in [0.15, 0.2) is 52.2 Å². The van der Waals surface area contributed by atoms with Gasteiger partial charge in [-0.15, -0.1) is 10.2 Å². The SMILES string of the molecule is COC(=O)CSc1nnc(-c2ccco2)n1-c1ccccc1OC. The molecule has 3 aromatic rings. The standard InChI is InChI=1S/C16H15N3O4S/c1-21-12-7-4-3-6-11(12)19-15(13-8-5-9-23-13)17-18-16(19)24-10-14(20)22-2/h3-9H,10H2,1-2H3. The molecular formula is C16H15N3O4S. The van der Waals surface area contributed by atoms with Crippen molar-refractivity contribution in [3.63, 3.8) is 0 Å². The summed E-state index contributed by atoms with van der Waals surface area (Å²) in [7, 11) is 2.94. The monoisotopic (exact) mass is 345 g/mol. The third kappa shape index (κ3) is 3.13. The lowest BCUT2D eigenvalue weighted by Gasteiger charge is -2.12. The van der Waals surface area contributed by atoms with Crippen molar-refractivity contribution in [2.45, 2.75) is 5.16 Å². The highest BCUT2D eigenvalue weighted by molar-refractivity contribution is 7.99. The summed E-state index contributed by atoms with van der Waals surface area (Å²) < 4.78 is 17.4. The van der Waals surface area contributed by atoms with E-state index in [1.807, 2.05) is 24.3 Å². The molecule has 7 nitrogen and oxygen atoms in total. The number of methoxy groups -OCH3 is 2. The summed E-state index contributed by atoms with van der Waals surface area (Å²) in [4.78, 5) is 11.4. The van der Waals surface area contributed by atoms with Gasteiger partial charge in [-0.25, -0.2) is 0 Å². The molecule has 0 saturated carbocycles. The second-order valence-corrected chi connectivity index (χ2v) is 5.60. The molecule has 2 heterocycles. The highest BCUT2D eigenvalue weighted by Crippen LogP contribution is 2.32. The number of thioether (sulfide) groups is 1. The number of aromatic nitrogens is 3. The van der Waals surface area contributed by atoms with Crippen LogP contribution in [0.5, 0.6) is 5.75 Å². The molecular weight excluding hydrogens is 330 g/mol. The molecule has 0 aliphatic carbocycles. The number of carbonyl (C=O) groups excluding carboxylic acids is 1. The summed E-state index contributed by atoms with van der Waals surface area (Å²) in [5, 5.41) is 8.93. The van der Waals surface area contributed by atoms with E-state index < -0.39 is 0 Å². The van der Waals surface area contributed by atoms with E-state index in [9.17, 15) is 4.79 Å². The van der Waals surface area contributed by atoms with Crippen molar-refractivity contribution in [3.8, 4) is 23.0 Å². The fraction of sp³-hybridized carbons (Fsp3) is 0.188. The van der Waals surface area contributed by atoms with Crippen molar-refractivity contribution >= 4 is 17.7 Å². The largest absolute Gasteiger partial charge is 0.495 e. The van der Waals surface area contributed by atoms with Gasteiger partial charge in [0.25, 0.3) is 0 Å². The van der Waals surface area contributed by atoms with E-state index in [0.717, 1.165) is 5.69 Å². The molecule has 0 spiro atoms. The van der Waals surface area contributed by atoms with Crippen LogP contribution in [0.3, 0.4) is 0 Å². The first kappa shape index (κ1) is 16.1. The van der Waals surface area contributed by atoms with Crippen LogP contribution in [0, 0.1) is 0 Å². The van der Waals surface area contributed by atoms with Crippen LogP contribution < -0.4 is 4.74 Å². The van der Waals surface area contributed by atoms with E-state index in [0.29, 0.717) is 22.5 Å². The van der Waals surface area contributed by atoms with Crippen LogP contribution in [-0.2, 0) is 9.53 Å². The first-order chi connectivity index (χ1) is 11.7. The number of rotatable bonds is 6. The molecule has 0 bridgehead atoms. The Hall–Kier alpha value is -2.74. The van der Waals surface area contributed by atoms with Gasteiger partial charge in [0.05, 0.1) is 31.9 Å². The van der Waals surface area contributed by atoms with Gasteiger partial charge in [-0.05, 0) is 24.3 Å². The maximum absolute atomic E-state index is 11.4. The zero-order chi connectivity index (χ0) is 16.9. The van der Waals surface area contributed by atoms with Gasteiger partial charge in [0.2, 0.25) is 5.82 Å². The zero-order valence-electron chi connectivity index (χ0n) is 13.1. The van der Waals surface area contributed by atoms with E-state index in [1.54, 1.807) is 30.1 Å². The molecule has 0 aliphatic heterocycles. The molecule has 0 atom stereocenters. The van der Waals surface area contributed by atoms with E-state index in [4.69, 9.17) is 9.15 Å². The Balaban J connectivity index is 2.09. The fourth-order valence-electron chi connectivity index (χ4n) is 2.14. The number of ether oxygens (including phenoxy) is 2. The molecule has 0 amide bonds. The van der Waals surface area contributed by atoms with Crippen LogP contribution in [-0.4, -0.2) is 40.7 Å². The minimum Gasteiger partial charge on any atom is -0.495 e. The summed E-state index contributed by atoms with van der Waals surface area (Å²) in [5.41, 5.74) is 0.753. The summed E-state index contributed by atoms with van der Waals surface area (Å²) in [6.07, 6.45) is 1.57. The van der Waals surface area contributed by atoms with Gasteiger partial charge in [0.15, 0.2) is 10.9 Å². The molecule has 2 aromatic heterocycles. The normalized spacial score (nSPS) is 10.6. The quantitative estimate of drug-likeness (QED) is 0.502. The molecule has 0 aliphatic rings. The van der Waals surface area contributed by atoms with Crippen molar-refractivity contribution in [1.82, 2.24) is 14.8 Å². The Morgan fingerprint density at radius 2 is 2.04 bits per heavy atom. The number of hydrogen-bond acceptors (Lipinski definition) is 7. The predicted octanol–water partition coefficient (Wildman–Crippen LogP) is 2.80. The van der Waals surface area contributed by atoms with Crippen molar-refractivity contribution in [1.29, 1.82) is 0 Å². The van der Waals surface area contributed by atoms with Crippen molar-refractivity contribution in [2.24, 2.45) is 0 Å². The van der Waals surface area contributed by atoms with Gasteiger partial charge < -0.3 is 13.9 Å². The van der Waals surface area contributed by atoms with Gasteiger partial charge in [0, 0.05) is 0 Å². The first-order valence-corrected chi connectivity index (χ1v) is 8.05. The second-order valence-electron chi connectivity index (χ2n) is 4.66. The fourth-order valence-corrected chi connectivity index (χ4v) is 2.92. The van der Waals surface area contributed by atoms with Crippen LogP contribution in [0.4, 0.5) is 0 Å². The number of esters is 1. The molecule has 24 heavy (non-hydrogen) atoms. The van der Waals surface area contributed by atoms with E-state index in [2.05, 4.69) is 14.9 Å². The summed E-state index contributed by atoms with van der Waals surface area (Å²) in [6, 6.07) is 11.1. The number of carbonyl (C=O) groups is 1. The Bertz CT molecular complexity index is 830. The molecule has 8 heteroatoms. The average Bonchev–Trinajstić information content (AvgIpc) is 3.28. The molecule has 0 unspecified atom stereocenters. The van der Waals surface area contributed by atoms with Gasteiger partial charge in [-0.1, -0.05) is 23.9 Å². The van der Waals surface area contributed by atoms with Crippen molar-refractivity contribution < 1.29 is 18.7 Å². The summed E-state index contributed by atoms with van der Waals surface area (Å²) in [6.45, 7) is 0. The number of hydrogen-bond donors (Lipinski definition) is 0. The average molecular weight is 345 g/mol. The first-order valence-electron chi connectivity index (χ1n) is 7.07. The van der Waals surface area contributed by atoms with Crippen LogP contribution >= 0.6 is 11.8 Å². The number of para-hydroxylation sites is 2. The molecule has 0 saturated heterocycles. The van der Waals surface area contributed by atoms with Gasteiger partial charge in [-0.3, -0.25) is 9.36 Å². The Labute approximate surface area is 142 Å². The van der Waals surface area contributed by atoms with Gasteiger partial charge in [0.1, 0.15) is 5.75 Å². The smallest absolute Gasteiger partial charge is 0.316 e. The molecule has 124 valence electrons. The Morgan fingerprint density at radius 1 is 1.21 bits per heavy atom. The molecule has 0 N–H and O–H groups in total. The second kappa shape index (κ2) is 7.22. The molecule has 3 rings (SSSR count). The molecule has 0 radical (unpaired) electrons. The summed E-state index contributed by atoms with van der Waals surface area (Å²) in [5.74, 6) is 1.54. The van der Waals surface area contributed by atoms with Crippen molar-refractivity contribution in [3.05, 3.63) is 42.7 Å². The third-order valence-corrected chi connectivity index (χ3v) is 4.15. The zero-order valence-corrected chi connectivity index (χ0v) is 13.9. The third-order valence-electron chi connectivity index (χ3n) is 3.25. The van der Waals surface area contributed by atoms with Gasteiger partial charge >= 0.3 is 5.97 Å². The minimum atomic E-state index is -0.339. The topological polar surface area (TPSA) is 79.4 Å². The lowest BCUT2D eigenvalue weighted by molar-refractivity contribution is -0.137. The minimum absolute atomic E-state index is 0.127. The maximum atomic E-state index is 11.4. The van der Waals surface area contributed by atoms with Crippen LogP contribution in [0.1, 0.15) is 0 Å². The van der Waals surface area contributed by atoms with Gasteiger partial charge in [-0.2, -0.15) is 0 Å². The predicted molar refractivity (Wildman–Crippen MR) is 88.4 cm³/mol. The highest BCUT2D eigenvalue weighted by atomic mass is 32.2. The highest BCUT2D eigenvalue weighted by Gasteiger charge is 2.21. The number of nitrogens with zero attached hydrogens (tertiary/aromatic N) is 3. The maximum Gasteiger partial charge on any atom is 0.316 e. The van der Waals surface area contributed by atoms with E-state index in [1.165, 1.54) is 18.9 Å². The summed E-state index contributed by atoms with van der Waals surface area (Å²) >= 11 is 1.23. The van der Waals surface area contributed by atoms with Crippen LogP contribution in [0.25, 0.3) is 17.3 Å². The lowest BCUT2D eigenvalue weighted by atomic mass is 10.3. The molecule has 1 aromatic carbocycles. The Kier molecular flexibility index (Phi) is 4.85.